The SMILES string of the molecule is CCOC(=N)CCc1ccc(Cl)c(Cl)c1.Cl. The van der Waals surface area contributed by atoms with E-state index in [1.165, 1.54) is 0 Å². The highest BCUT2D eigenvalue weighted by Crippen LogP contribution is 2.23. The van der Waals surface area contributed by atoms with Crippen molar-refractivity contribution in [1.29, 1.82) is 5.41 Å². The van der Waals surface area contributed by atoms with Crippen LogP contribution in [-0.2, 0) is 11.2 Å². The first-order chi connectivity index (χ1) is 7.13. The Labute approximate surface area is 112 Å². The number of hydrogen-bond acceptors (Lipinski definition) is 2. The summed E-state index contributed by atoms with van der Waals surface area (Å²) in [5.74, 6) is 0.309. The molecule has 0 saturated heterocycles. The fourth-order valence-electron chi connectivity index (χ4n) is 1.20. The average molecular weight is 283 g/mol. The second kappa shape index (κ2) is 7.77. The maximum Gasteiger partial charge on any atom is 0.180 e. The summed E-state index contributed by atoms with van der Waals surface area (Å²) < 4.78 is 5.04. The zero-order chi connectivity index (χ0) is 11.3. The van der Waals surface area contributed by atoms with Gasteiger partial charge in [0.1, 0.15) is 0 Å². The van der Waals surface area contributed by atoms with E-state index in [2.05, 4.69) is 0 Å². The van der Waals surface area contributed by atoms with E-state index in [0.29, 0.717) is 29.0 Å². The highest BCUT2D eigenvalue weighted by Gasteiger charge is 2.02. The van der Waals surface area contributed by atoms with E-state index in [1.54, 1.807) is 6.07 Å². The van der Waals surface area contributed by atoms with Gasteiger partial charge < -0.3 is 4.74 Å². The van der Waals surface area contributed by atoms with Crippen LogP contribution >= 0.6 is 35.6 Å². The van der Waals surface area contributed by atoms with Crippen molar-refractivity contribution < 1.29 is 4.74 Å². The minimum atomic E-state index is 0. The lowest BCUT2D eigenvalue weighted by Gasteiger charge is -2.05. The zero-order valence-electron chi connectivity index (χ0n) is 8.93. The van der Waals surface area contributed by atoms with Crippen LogP contribution in [0.15, 0.2) is 18.2 Å². The third kappa shape index (κ3) is 5.06. The highest BCUT2D eigenvalue weighted by atomic mass is 35.5. The number of nitrogens with one attached hydrogen (secondary N) is 1. The Balaban J connectivity index is 0.00000225. The summed E-state index contributed by atoms with van der Waals surface area (Å²) >= 11 is 11.7. The van der Waals surface area contributed by atoms with Gasteiger partial charge in [-0.2, -0.15) is 0 Å². The number of aryl methyl sites for hydroxylation is 1. The van der Waals surface area contributed by atoms with Crippen molar-refractivity contribution in [3.8, 4) is 0 Å². The van der Waals surface area contributed by atoms with Crippen LogP contribution in [0.2, 0.25) is 10.0 Å². The van der Waals surface area contributed by atoms with Crippen LogP contribution < -0.4 is 0 Å². The van der Waals surface area contributed by atoms with Gasteiger partial charge in [0, 0.05) is 6.42 Å². The van der Waals surface area contributed by atoms with Crippen LogP contribution in [0.4, 0.5) is 0 Å². The molecular weight excluding hydrogens is 268 g/mol. The molecule has 1 aromatic carbocycles. The van der Waals surface area contributed by atoms with Crippen molar-refractivity contribution in [1.82, 2.24) is 0 Å². The molecule has 0 aliphatic carbocycles. The number of hydrogen-bond donors (Lipinski definition) is 1. The van der Waals surface area contributed by atoms with Gasteiger partial charge in [-0.25, -0.2) is 0 Å². The molecule has 0 spiro atoms. The largest absolute Gasteiger partial charge is 0.481 e. The molecule has 1 aromatic rings. The van der Waals surface area contributed by atoms with Gasteiger partial charge in [0.05, 0.1) is 16.7 Å². The molecule has 0 saturated carbocycles. The third-order valence-electron chi connectivity index (χ3n) is 1.94. The van der Waals surface area contributed by atoms with Gasteiger partial charge >= 0.3 is 0 Å². The topological polar surface area (TPSA) is 33.1 Å². The first-order valence-corrected chi connectivity index (χ1v) is 5.53. The van der Waals surface area contributed by atoms with E-state index < -0.39 is 0 Å². The first kappa shape index (κ1) is 15.6. The number of rotatable bonds is 4. The van der Waals surface area contributed by atoms with Crippen molar-refractivity contribution in [2.45, 2.75) is 19.8 Å². The van der Waals surface area contributed by atoms with Crippen LogP contribution in [0.25, 0.3) is 0 Å². The lowest BCUT2D eigenvalue weighted by atomic mass is 10.1. The molecule has 90 valence electrons. The van der Waals surface area contributed by atoms with E-state index in [0.717, 1.165) is 12.0 Å². The van der Waals surface area contributed by atoms with Crippen molar-refractivity contribution >= 4 is 41.5 Å². The summed E-state index contributed by atoms with van der Waals surface area (Å²) in [6.07, 6.45) is 1.33. The molecule has 0 fully saturated rings. The maximum absolute atomic E-state index is 7.45. The van der Waals surface area contributed by atoms with Crippen LogP contribution in [-0.4, -0.2) is 12.5 Å². The van der Waals surface area contributed by atoms with Crippen LogP contribution in [0.1, 0.15) is 18.9 Å². The monoisotopic (exact) mass is 281 g/mol. The van der Waals surface area contributed by atoms with Crippen LogP contribution in [0, 0.1) is 5.41 Å². The molecule has 0 heterocycles. The Kier molecular flexibility index (Phi) is 7.56. The minimum absolute atomic E-state index is 0. The number of halogens is 3. The Morgan fingerprint density at radius 1 is 1.31 bits per heavy atom. The molecule has 0 aliphatic rings. The number of ether oxygens (including phenoxy) is 1. The lowest BCUT2D eigenvalue weighted by molar-refractivity contribution is 0.314. The van der Waals surface area contributed by atoms with Gasteiger partial charge in [0.2, 0.25) is 0 Å². The van der Waals surface area contributed by atoms with E-state index >= 15 is 0 Å². The molecule has 0 bridgehead atoms. The molecule has 5 heteroatoms. The number of benzene rings is 1. The molecule has 0 aliphatic heterocycles. The molecule has 1 rings (SSSR count). The molecule has 16 heavy (non-hydrogen) atoms. The summed E-state index contributed by atoms with van der Waals surface area (Å²) in [4.78, 5) is 0. The van der Waals surface area contributed by atoms with Gasteiger partial charge in [0.15, 0.2) is 5.90 Å². The van der Waals surface area contributed by atoms with Gasteiger partial charge in [-0.1, -0.05) is 29.3 Å². The Hall–Kier alpha value is -0.440. The smallest absolute Gasteiger partial charge is 0.180 e. The third-order valence-corrected chi connectivity index (χ3v) is 2.68. The van der Waals surface area contributed by atoms with E-state index in [4.69, 9.17) is 33.3 Å². The van der Waals surface area contributed by atoms with Gasteiger partial charge in [0.25, 0.3) is 0 Å². The van der Waals surface area contributed by atoms with Gasteiger partial charge in [-0.3, -0.25) is 5.41 Å². The molecule has 0 amide bonds. The molecule has 0 aromatic heterocycles. The summed E-state index contributed by atoms with van der Waals surface area (Å²) in [5, 5.41) is 8.56. The van der Waals surface area contributed by atoms with E-state index in [-0.39, 0.29) is 12.4 Å². The summed E-state index contributed by atoms with van der Waals surface area (Å²) in [6.45, 7) is 2.41. The molecular formula is C11H14Cl3NO. The predicted octanol–water partition coefficient (Wildman–Crippen LogP) is 4.36. The normalized spacial score (nSPS) is 9.44. The van der Waals surface area contributed by atoms with Crippen molar-refractivity contribution in [2.24, 2.45) is 0 Å². The van der Waals surface area contributed by atoms with Crippen molar-refractivity contribution in [3.05, 3.63) is 33.8 Å². The summed E-state index contributed by atoms with van der Waals surface area (Å²) in [7, 11) is 0. The molecule has 0 atom stereocenters. The lowest BCUT2D eigenvalue weighted by Crippen LogP contribution is -2.04. The maximum atomic E-state index is 7.45. The van der Waals surface area contributed by atoms with Crippen molar-refractivity contribution in [2.75, 3.05) is 6.61 Å². The standard InChI is InChI=1S/C11H13Cl2NO.ClH/c1-2-15-11(14)6-4-8-3-5-9(12)10(13)7-8;/h3,5,7,14H,2,4,6H2,1H3;1H. The quantitative estimate of drug-likeness (QED) is 0.646. The zero-order valence-corrected chi connectivity index (χ0v) is 11.3. The molecule has 1 N–H and O–H groups in total. The first-order valence-electron chi connectivity index (χ1n) is 4.77. The van der Waals surface area contributed by atoms with Crippen LogP contribution in [0.5, 0.6) is 0 Å². The predicted molar refractivity (Wildman–Crippen MR) is 71.4 cm³/mol. The average Bonchev–Trinajstić information content (AvgIpc) is 2.20. The Morgan fingerprint density at radius 3 is 2.56 bits per heavy atom. The minimum Gasteiger partial charge on any atom is -0.481 e. The van der Waals surface area contributed by atoms with E-state index in [1.807, 2.05) is 19.1 Å². The van der Waals surface area contributed by atoms with Crippen LogP contribution in [0.3, 0.4) is 0 Å². The Bertz CT molecular complexity index is 355. The summed E-state index contributed by atoms with van der Waals surface area (Å²) in [5.41, 5.74) is 1.06. The summed E-state index contributed by atoms with van der Waals surface area (Å²) in [6, 6.07) is 5.50. The van der Waals surface area contributed by atoms with Gasteiger partial charge in [-0.05, 0) is 31.0 Å². The second-order valence-electron chi connectivity index (χ2n) is 3.10. The van der Waals surface area contributed by atoms with E-state index in [9.17, 15) is 0 Å². The Morgan fingerprint density at radius 2 is 2.00 bits per heavy atom. The fraction of sp³-hybridized carbons (Fsp3) is 0.364. The molecule has 0 radical (unpaired) electrons. The molecule has 0 unspecified atom stereocenters. The van der Waals surface area contributed by atoms with Crippen molar-refractivity contribution in [3.63, 3.8) is 0 Å². The fourth-order valence-corrected chi connectivity index (χ4v) is 1.52. The highest BCUT2D eigenvalue weighted by molar-refractivity contribution is 6.42. The second-order valence-corrected chi connectivity index (χ2v) is 3.92. The van der Waals surface area contributed by atoms with Gasteiger partial charge in [-0.15, -0.1) is 12.4 Å². The molecule has 2 nitrogen and oxygen atoms in total.